The van der Waals surface area contributed by atoms with Crippen molar-refractivity contribution in [1.82, 2.24) is 15.3 Å². The summed E-state index contributed by atoms with van der Waals surface area (Å²) in [7, 11) is 0. The first-order valence-corrected chi connectivity index (χ1v) is 5.76. The van der Waals surface area contributed by atoms with Crippen LogP contribution in [0, 0.1) is 0 Å². The van der Waals surface area contributed by atoms with Crippen molar-refractivity contribution in [2.75, 3.05) is 13.2 Å². The minimum absolute atomic E-state index is 0.0758. The van der Waals surface area contributed by atoms with Crippen molar-refractivity contribution in [3.8, 4) is 11.4 Å². The second kappa shape index (κ2) is 5.92. The molecule has 0 radical (unpaired) electrons. The summed E-state index contributed by atoms with van der Waals surface area (Å²) in [5.41, 5.74) is 0.180. The minimum Gasteiger partial charge on any atom is -0.395 e. The van der Waals surface area contributed by atoms with Gasteiger partial charge in [-0.2, -0.15) is 0 Å². The molecule has 0 fully saturated rings. The highest BCUT2D eigenvalue weighted by atomic mass is 16.3. The fourth-order valence-corrected chi connectivity index (χ4v) is 1.56. The molecule has 19 heavy (non-hydrogen) atoms. The molecule has 6 heteroatoms. The number of nitrogens with one attached hydrogen (secondary N) is 2. The van der Waals surface area contributed by atoms with Crippen molar-refractivity contribution in [3.05, 3.63) is 52.4 Å². The van der Waals surface area contributed by atoms with E-state index in [2.05, 4.69) is 15.3 Å². The van der Waals surface area contributed by atoms with Crippen LogP contribution >= 0.6 is 0 Å². The summed E-state index contributed by atoms with van der Waals surface area (Å²) in [5.74, 6) is -0.147. The van der Waals surface area contributed by atoms with Crippen molar-refractivity contribution in [2.45, 2.75) is 0 Å². The van der Waals surface area contributed by atoms with E-state index in [1.165, 1.54) is 6.20 Å². The highest BCUT2D eigenvalue weighted by molar-refractivity contribution is 5.93. The Kier molecular flexibility index (Phi) is 4.04. The van der Waals surface area contributed by atoms with Gasteiger partial charge in [-0.25, -0.2) is 4.98 Å². The Morgan fingerprint density at radius 2 is 2.05 bits per heavy atom. The van der Waals surface area contributed by atoms with Gasteiger partial charge in [-0.3, -0.25) is 9.59 Å². The van der Waals surface area contributed by atoms with Gasteiger partial charge >= 0.3 is 0 Å². The summed E-state index contributed by atoms with van der Waals surface area (Å²) >= 11 is 0. The Bertz CT molecular complexity index is 623. The zero-order chi connectivity index (χ0) is 13.7. The molecule has 0 bridgehead atoms. The van der Waals surface area contributed by atoms with Gasteiger partial charge in [0.15, 0.2) is 0 Å². The van der Waals surface area contributed by atoms with E-state index in [1.807, 2.05) is 30.3 Å². The number of benzene rings is 1. The number of carbonyl (C=O) groups excluding carboxylic acids is 1. The third kappa shape index (κ3) is 3.05. The quantitative estimate of drug-likeness (QED) is 0.728. The van der Waals surface area contributed by atoms with E-state index in [0.29, 0.717) is 5.82 Å². The van der Waals surface area contributed by atoms with E-state index < -0.39 is 11.5 Å². The lowest BCUT2D eigenvalue weighted by Crippen LogP contribution is -2.31. The van der Waals surface area contributed by atoms with Crippen LogP contribution in [0.2, 0.25) is 0 Å². The highest BCUT2D eigenvalue weighted by Crippen LogP contribution is 2.11. The lowest BCUT2D eigenvalue weighted by atomic mass is 10.2. The smallest absolute Gasteiger partial charge is 0.264 e. The normalized spacial score (nSPS) is 10.2. The van der Waals surface area contributed by atoms with Crippen LogP contribution in [0.5, 0.6) is 0 Å². The van der Waals surface area contributed by atoms with E-state index in [4.69, 9.17) is 5.11 Å². The Hall–Kier alpha value is -2.47. The maximum Gasteiger partial charge on any atom is 0.264 e. The number of rotatable bonds is 4. The lowest BCUT2D eigenvalue weighted by molar-refractivity contribution is 0.0943. The number of aromatic amines is 1. The number of hydrogen-bond donors (Lipinski definition) is 3. The number of aliphatic hydroxyl groups excluding tert-OH is 1. The molecular formula is C13H13N3O3. The van der Waals surface area contributed by atoms with Crippen molar-refractivity contribution in [3.63, 3.8) is 0 Å². The second-order valence-corrected chi connectivity index (χ2v) is 3.82. The average Bonchev–Trinajstić information content (AvgIpc) is 2.45. The lowest BCUT2D eigenvalue weighted by Gasteiger charge is -2.04. The van der Waals surface area contributed by atoms with Crippen LogP contribution in [0.25, 0.3) is 11.4 Å². The summed E-state index contributed by atoms with van der Waals surface area (Å²) in [6.07, 6.45) is 1.23. The van der Waals surface area contributed by atoms with E-state index >= 15 is 0 Å². The third-order valence-electron chi connectivity index (χ3n) is 2.49. The largest absolute Gasteiger partial charge is 0.395 e. The van der Waals surface area contributed by atoms with Gasteiger partial charge in [-0.05, 0) is 0 Å². The molecule has 0 saturated heterocycles. The Labute approximate surface area is 109 Å². The minimum atomic E-state index is -0.553. The molecule has 3 N–H and O–H groups in total. The predicted octanol–water partition coefficient (Wildman–Crippen LogP) is 0.159. The van der Waals surface area contributed by atoms with Gasteiger partial charge in [-0.15, -0.1) is 0 Å². The Morgan fingerprint density at radius 1 is 1.32 bits per heavy atom. The van der Waals surface area contributed by atoms with Crippen LogP contribution in [-0.2, 0) is 0 Å². The summed E-state index contributed by atoms with van der Waals surface area (Å²) < 4.78 is 0. The number of amides is 1. The van der Waals surface area contributed by atoms with Crippen molar-refractivity contribution < 1.29 is 9.90 Å². The molecule has 2 rings (SSSR count). The first-order chi connectivity index (χ1) is 9.22. The van der Waals surface area contributed by atoms with E-state index in [1.54, 1.807) is 0 Å². The van der Waals surface area contributed by atoms with Crippen LogP contribution in [0.15, 0.2) is 41.3 Å². The van der Waals surface area contributed by atoms with Gasteiger partial charge in [0, 0.05) is 18.3 Å². The molecule has 0 aliphatic carbocycles. The van der Waals surface area contributed by atoms with E-state index in [9.17, 15) is 9.59 Å². The molecule has 0 unspecified atom stereocenters. The second-order valence-electron chi connectivity index (χ2n) is 3.82. The zero-order valence-electron chi connectivity index (χ0n) is 10.1. The summed E-state index contributed by atoms with van der Waals surface area (Å²) in [6.45, 7) is -0.0854. The number of hydrogen-bond acceptors (Lipinski definition) is 4. The molecule has 2 aromatic rings. The fraction of sp³-hybridized carbons (Fsp3) is 0.154. The van der Waals surface area contributed by atoms with Crippen molar-refractivity contribution in [1.29, 1.82) is 0 Å². The topological polar surface area (TPSA) is 95.1 Å². The molecule has 1 aromatic carbocycles. The predicted molar refractivity (Wildman–Crippen MR) is 69.7 cm³/mol. The Morgan fingerprint density at radius 3 is 2.68 bits per heavy atom. The van der Waals surface area contributed by atoms with Gasteiger partial charge < -0.3 is 15.4 Å². The number of nitrogens with zero attached hydrogens (tertiary/aromatic N) is 1. The summed E-state index contributed by atoms with van der Waals surface area (Å²) in [4.78, 5) is 30.0. The van der Waals surface area contributed by atoms with E-state index in [0.717, 1.165) is 5.56 Å². The van der Waals surface area contributed by atoms with Gasteiger partial charge in [0.25, 0.3) is 11.5 Å². The van der Waals surface area contributed by atoms with Crippen LogP contribution < -0.4 is 10.9 Å². The zero-order valence-corrected chi connectivity index (χ0v) is 10.1. The SMILES string of the molecule is O=C(NCCO)c1cnc(-c2ccccc2)[nH]c1=O. The molecule has 1 heterocycles. The monoisotopic (exact) mass is 259 g/mol. The molecule has 6 nitrogen and oxygen atoms in total. The molecule has 0 saturated carbocycles. The van der Waals surface area contributed by atoms with Crippen molar-refractivity contribution in [2.24, 2.45) is 0 Å². The van der Waals surface area contributed by atoms with E-state index in [-0.39, 0.29) is 18.7 Å². The van der Waals surface area contributed by atoms with Gasteiger partial charge in [0.1, 0.15) is 11.4 Å². The molecule has 1 aromatic heterocycles. The number of H-pyrrole nitrogens is 1. The van der Waals surface area contributed by atoms with Crippen LogP contribution in [0.3, 0.4) is 0 Å². The Balaban J connectivity index is 2.28. The molecule has 98 valence electrons. The molecule has 0 aliphatic heterocycles. The van der Waals surface area contributed by atoms with Crippen LogP contribution in [0.4, 0.5) is 0 Å². The number of aromatic nitrogens is 2. The molecule has 1 amide bonds. The maximum atomic E-state index is 11.8. The van der Waals surface area contributed by atoms with Gasteiger partial charge in [0.2, 0.25) is 0 Å². The molecule has 0 atom stereocenters. The highest BCUT2D eigenvalue weighted by Gasteiger charge is 2.11. The average molecular weight is 259 g/mol. The first-order valence-electron chi connectivity index (χ1n) is 5.76. The molecule has 0 spiro atoms. The summed E-state index contributed by atoms with van der Waals surface area (Å²) in [6, 6.07) is 9.14. The van der Waals surface area contributed by atoms with Crippen LogP contribution in [-0.4, -0.2) is 34.1 Å². The summed E-state index contributed by atoms with van der Waals surface area (Å²) in [5, 5.41) is 11.0. The number of carbonyl (C=O) groups is 1. The van der Waals surface area contributed by atoms with Gasteiger partial charge in [-0.1, -0.05) is 30.3 Å². The third-order valence-corrected chi connectivity index (χ3v) is 2.49. The maximum absolute atomic E-state index is 11.8. The number of aliphatic hydroxyl groups is 1. The molecule has 0 aliphatic rings. The van der Waals surface area contributed by atoms with Crippen molar-refractivity contribution >= 4 is 5.91 Å². The standard InChI is InChI=1S/C13H13N3O3/c17-7-6-14-12(18)10-8-15-11(16-13(10)19)9-4-2-1-3-5-9/h1-5,8,17H,6-7H2,(H,14,18)(H,15,16,19). The van der Waals surface area contributed by atoms with Gasteiger partial charge in [0.05, 0.1) is 6.61 Å². The van der Waals surface area contributed by atoms with Crippen LogP contribution in [0.1, 0.15) is 10.4 Å². The molecular weight excluding hydrogens is 246 g/mol. The first kappa shape index (κ1) is 13.0. The fourth-order valence-electron chi connectivity index (χ4n) is 1.56.